The summed E-state index contributed by atoms with van der Waals surface area (Å²) in [4.78, 5) is 25.1. The highest BCUT2D eigenvalue weighted by molar-refractivity contribution is 6.04. The number of hydrogen-bond donors (Lipinski definition) is 2. The Kier molecular flexibility index (Phi) is 3.07. The molecule has 0 saturated heterocycles. The molecule has 4 nitrogen and oxygen atoms in total. The van der Waals surface area contributed by atoms with Crippen molar-refractivity contribution in [2.24, 2.45) is 28.1 Å². The van der Waals surface area contributed by atoms with Gasteiger partial charge in [0.25, 0.3) is 0 Å². The molecule has 6 atom stereocenters. The number of allylic oxidation sites excluding steroid dienone is 1. The Morgan fingerprint density at radius 2 is 1.88 bits per heavy atom. The number of ketones is 1. The van der Waals surface area contributed by atoms with Crippen molar-refractivity contribution >= 4 is 11.8 Å². The monoisotopic (exact) mass is 332 g/mol. The first-order chi connectivity index (χ1) is 11.1. The van der Waals surface area contributed by atoms with Crippen LogP contribution in [0.15, 0.2) is 12.2 Å². The van der Waals surface area contributed by atoms with Crippen LogP contribution in [0.25, 0.3) is 0 Å². The molecule has 1 spiro atoms. The third kappa shape index (κ3) is 1.50. The second-order valence-electron chi connectivity index (χ2n) is 9.32. The number of aliphatic carboxylic acids is 1. The summed E-state index contributed by atoms with van der Waals surface area (Å²) in [6, 6.07) is 0. The maximum absolute atomic E-state index is 13.1. The summed E-state index contributed by atoms with van der Waals surface area (Å²) >= 11 is 0. The van der Waals surface area contributed by atoms with E-state index in [1.54, 1.807) is 0 Å². The minimum Gasteiger partial charge on any atom is -0.481 e. The Bertz CT molecular complexity index is 654. The molecule has 0 aromatic carbocycles. The standard InChI is InChI=1S/C20H28O4/c1-12-13-5-10-20(24)18(3)8-4-7-17(2,16(22)23)14(18)6-9-19(20,11-13)15(12)21/h13-14,24H,1,4-11H2,2-3H3,(H,22,23)/t13?,14?,17-,18-,19+,20-/m1/s1. The van der Waals surface area contributed by atoms with Crippen LogP contribution >= 0.6 is 0 Å². The van der Waals surface area contributed by atoms with Gasteiger partial charge in [0.2, 0.25) is 0 Å². The molecule has 4 aliphatic carbocycles. The summed E-state index contributed by atoms with van der Waals surface area (Å²) < 4.78 is 0. The van der Waals surface area contributed by atoms with E-state index in [0.29, 0.717) is 37.7 Å². The molecule has 2 unspecified atom stereocenters. The number of aliphatic hydroxyl groups is 1. The third-order valence-corrected chi connectivity index (χ3v) is 8.68. The average molecular weight is 332 g/mol. The third-order valence-electron chi connectivity index (χ3n) is 8.68. The summed E-state index contributed by atoms with van der Waals surface area (Å²) in [5.41, 5.74) is -2.42. The van der Waals surface area contributed by atoms with E-state index in [1.165, 1.54) is 0 Å². The molecule has 2 N–H and O–H groups in total. The van der Waals surface area contributed by atoms with Gasteiger partial charge in [-0.2, -0.15) is 0 Å². The number of Topliss-reactive ketones (excluding diaryl/α,β-unsaturated/α-hetero) is 1. The van der Waals surface area contributed by atoms with E-state index < -0.39 is 27.8 Å². The molecule has 132 valence electrons. The van der Waals surface area contributed by atoms with Gasteiger partial charge in [-0.3, -0.25) is 9.59 Å². The number of hydrogen-bond acceptors (Lipinski definition) is 3. The Hall–Kier alpha value is -1.16. The highest BCUT2D eigenvalue weighted by Gasteiger charge is 2.75. The molecule has 0 amide bonds. The Morgan fingerprint density at radius 3 is 2.54 bits per heavy atom. The first kappa shape index (κ1) is 16.3. The number of carboxylic acid groups (broad SMARTS) is 1. The lowest BCUT2D eigenvalue weighted by Gasteiger charge is -2.66. The maximum Gasteiger partial charge on any atom is 0.309 e. The van der Waals surface area contributed by atoms with Gasteiger partial charge in [0.05, 0.1) is 16.4 Å². The maximum atomic E-state index is 13.1. The summed E-state index contributed by atoms with van der Waals surface area (Å²) in [5.74, 6) is -0.555. The fraction of sp³-hybridized carbons (Fsp3) is 0.800. The van der Waals surface area contributed by atoms with Crippen molar-refractivity contribution in [3.8, 4) is 0 Å². The molecule has 24 heavy (non-hydrogen) atoms. The quantitative estimate of drug-likeness (QED) is 0.722. The van der Waals surface area contributed by atoms with Crippen LogP contribution < -0.4 is 0 Å². The van der Waals surface area contributed by atoms with Gasteiger partial charge in [-0.1, -0.05) is 19.9 Å². The van der Waals surface area contributed by atoms with Gasteiger partial charge >= 0.3 is 5.97 Å². The summed E-state index contributed by atoms with van der Waals surface area (Å²) in [7, 11) is 0. The van der Waals surface area contributed by atoms with Crippen LogP contribution in [0, 0.1) is 28.1 Å². The van der Waals surface area contributed by atoms with Gasteiger partial charge in [0.15, 0.2) is 5.78 Å². The molecule has 0 aromatic rings. The number of carbonyl (C=O) groups is 2. The lowest BCUT2D eigenvalue weighted by atomic mass is 9.38. The molecule has 0 heterocycles. The highest BCUT2D eigenvalue weighted by Crippen LogP contribution is 2.72. The summed E-state index contributed by atoms with van der Waals surface area (Å²) in [6.07, 6.45) is 5.71. The van der Waals surface area contributed by atoms with E-state index in [4.69, 9.17) is 0 Å². The molecule has 4 aliphatic rings. The van der Waals surface area contributed by atoms with Gasteiger partial charge in [-0.15, -0.1) is 0 Å². The molecular formula is C20H28O4. The smallest absolute Gasteiger partial charge is 0.309 e. The predicted molar refractivity (Wildman–Crippen MR) is 89.3 cm³/mol. The molecule has 4 saturated carbocycles. The van der Waals surface area contributed by atoms with Gasteiger partial charge in [-0.25, -0.2) is 0 Å². The average Bonchev–Trinajstić information content (AvgIpc) is 2.73. The Balaban J connectivity index is 1.86. The van der Waals surface area contributed by atoms with Crippen molar-refractivity contribution in [1.82, 2.24) is 0 Å². The summed E-state index contributed by atoms with van der Waals surface area (Å²) in [6.45, 7) is 7.93. The zero-order valence-corrected chi connectivity index (χ0v) is 14.7. The second-order valence-corrected chi connectivity index (χ2v) is 9.32. The van der Waals surface area contributed by atoms with Crippen molar-refractivity contribution in [3.63, 3.8) is 0 Å². The lowest BCUT2D eigenvalue weighted by molar-refractivity contribution is -0.255. The van der Waals surface area contributed by atoms with Crippen molar-refractivity contribution in [3.05, 3.63) is 12.2 Å². The van der Waals surface area contributed by atoms with E-state index in [9.17, 15) is 19.8 Å². The minimum absolute atomic E-state index is 0.0646. The largest absolute Gasteiger partial charge is 0.481 e. The second kappa shape index (κ2) is 4.51. The zero-order chi connectivity index (χ0) is 17.5. The molecule has 4 heteroatoms. The molecule has 0 aromatic heterocycles. The molecule has 4 rings (SSSR count). The van der Waals surface area contributed by atoms with E-state index in [1.807, 2.05) is 6.92 Å². The minimum atomic E-state index is -1.09. The number of fused-ring (bicyclic) bond motifs is 3. The lowest BCUT2D eigenvalue weighted by Crippen LogP contribution is -2.70. The van der Waals surface area contributed by atoms with Gasteiger partial charge in [0, 0.05) is 5.41 Å². The molecule has 0 aliphatic heterocycles. The Morgan fingerprint density at radius 1 is 1.17 bits per heavy atom. The SMILES string of the molecule is C=C1C(=O)[C@@]23CCC4[C@](C)(C(=O)O)CCC[C@@]4(C)[C@]2(O)CCC1C3. The van der Waals surface area contributed by atoms with Crippen LogP contribution in [0.2, 0.25) is 0 Å². The normalized spacial score (nSPS) is 53.5. The van der Waals surface area contributed by atoms with Crippen LogP contribution in [0.1, 0.15) is 65.2 Å². The van der Waals surface area contributed by atoms with Crippen molar-refractivity contribution in [1.29, 1.82) is 0 Å². The van der Waals surface area contributed by atoms with Crippen LogP contribution in [0.4, 0.5) is 0 Å². The number of carboxylic acids is 1. The zero-order valence-electron chi connectivity index (χ0n) is 14.7. The number of rotatable bonds is 1. The van der Waals surface area contributed by atoms with E-state index in [-0.39, 0.29) is 17.6 Å². The van der Waals surface area contributed by atoms with Crippen molar-refractivity contribution in [2.75, 3.05) is 0 Å². The van der Waals surface area contributed by atoms with Crippen LogP contribution in [-0.2, 0) is 9.59 Å². The predicted octanol–water partition coefficient (Wildman–Crippen LogP) is 3.33. The van der Waals surface area contributed by atoms with Crippen LogP contribution in [0.3, 0.4) is 0 Å². The molecule has 4 fully saturated rings. The van der Waals surface area contributed by atoms with E-state index in [2.05, 4.69) is 13.5 Å². The van der Waals surface area contributed by atoms with Crippen LogP contribution in [-0.4, -0.2) is 27.6 Å². The molecular weight excluding hydrogens is 304 g/mol. The van der Waals surface area contributed by atoms with Gasteiger partial charge in [-0.05, 0) is 69.3 Å². The number of carbonyl (C=O) groups excluding carboxylic acids is 1. The fourth-order valence-corrected chi connectivity index (χ4v) is 7.29. The highest BCUT2D eigenvalue weighted by atomic mass is 16.4. The van der Waals surface area contributed by atoms with Crippen LogP contribution in [0.5, 0.6) is 0 Å². The topological polar surface area (TPSA) is 74.6 Å². The van der Waals surface area contributed by atoms with E-state index in [0.717, 1.165) is 19.3 Å². The molecule has 2 bridgehead atoms. The first-order valence-corrected chi connectivity index (χ1v) is 9.32. The fourth-order valence-electron chi connectivity index (χ4n) is 7.29. The first-order valence-electron chi connectivity index (χ1n) is 9.32. The molecule has 0 radical (unpaired) electrons. The van der Waals surface area contributed by atoms with Gasteiger partial charge < -0.3 is 10.2 Å². The van der Waals surface area contributed by atoms with Crippen molar-refractivity contribution in [2.45, 2.75) is 70.8 Å². The van der Waals surface area contributed by atoms with Gasteiger partial charge in [0.1, 0.15) is 0 Å². The van der Waals surface area contributed by atoms with E-state index >= 15 is 0 Å². The Labute approximate surface area is 143 Å². The summed E-state index contributed by atoms with van der Waals surface area (Å²) in [5, 5.41) is 21.9. The van der Waals surface area contributed by atoms with Crippen molar-refractivity contribution < 1.29 is 19.8 Å².